The summed E-state index contributed by atoms with van der Waals surface area (Å²) >= 11 is 0. The molecule has 0 aliphatic rings. The van der Waals surface area contributed by atoms with Crippen LogP contribution in [-0.4, -0.2) is 8.42 Å². The minimum atomic E-state index is -3.34. The molecule has 0 saturated carbocycles. The first-order valence-corrected chi connectivity index (χ1v) is 6.38. The molecule has 2 aromatic rings. The topological polar surface area (TPSA) is 86.2 Å². The predicted octanol–water partition coefficient (Wildman–Crippen LogP) is 1.34. The van der Waals surface area contributed by atoms with Gasteiger partial charge in [-0.3, -0.25) is 11.7 Å². The van der Waals surface area contributed by atoms with E-state index >= 15 is 0 Å². The zero-order valence-electron chi connectivity index (χ0n) is 9.15. The van der Waals surface area contributed by atoms with Crippen molar-refractivity contribution in [2.45, 2.75) is 9.79 Å². The van der Waals surface area contributed by atoms with Crippen molar-refractivity contribution in [1.82, 2.24) is 0 Å². The van der Waals surface area contributed by atoms with Crippen molar-refractivity contribution in [2.75, 3.05) is 0 Å². The summed E-state index contributed by atoms with van der Waals surface area (Å²) in [7, 11) is -3.34. The number of hydrazine groups is 1. The lowest BCUT2D eigenvalue weighted by Crippen LogP contribution is -2.02. The first kappa shape index (κ1) is 13.4. The van der Waals surface area contributed by atoms with Crippen molar-refractivity contribution in [3.8, 4) is 0 Å². The fourth-order valence-electron chi connectivity index (χ4n) is 1.34. The molecule has 2 rings (SSSR count). The van der Waals surface area contributed by atoms with Gasteiger partial charge in [0.2, 0.25) is 9.84 Å². The van der Waals surface area contributed by atoms with Gasteiger partial charge < -0.3 is 0 Å². The molecule has 0 aromatic heterocycles. The van der Waals surface area contributed by atoms with Gasteiger partial charge in [0.05, 0.1) is 9.79 Å². The first-order valence-electron chi connectivity index (χ1n) is 4.90. The van der Waals surface area contributed by atoms with E-state index in [1.165, 1.54) is 0 Å². The van der Waals surface area contributed by atoms with Crippen LogP contribution in [0.3, 0.4) is 0 Å². The number of sulfone groups is 1. The molecule has 0 saturated heterocycles. The molecule has 0 spiro atoms. The van der Waals surface area contributed by atoms with Crippen molar-refractivity contribution in [3.05, 3.63) is 60.7 Å². The maximum absolute atomic E-state index is 12.0. The van der Waals surface area contributed by atoms with Crippen molar-refractivity contribution in [3.63, 3.8) is 0 Å². The molecule has 0 aliphatic heterocycles. The van der Waals surface area contributed by atoms with E-state index in [0.29, 0.717) is 9.79 Å². The lowest BCUT2D eigenvalue weighted by molar-refractivity contribution is 0.596. The number of benzene rings is 2. The Labute approximate surface area is 101 Å². The molecule has 0 unspecified atom stereocenters. The van der Waals surface area contributed by atoms with E-state index in [4.69, 9.17) is 0 Å². The minimum absolute atomic E-state index is 0.330. The minimum Gasteiger partial charge on any atom is -0.274 e. The van der Waals surface area contributed by atoms with Gasteiger partial charge in [-0.05, 0) is 24.3 Å². The van der Waals surface area contributed by atoms with E-state index in [0.717, 1.165) is 0 Å². The summed E-state index contributed by atoms with van der Waals surface area (Å²) in [6.07, 6.45) is 0. The summed E-state index contributed by atoms with van der Waals surface area (Å²) in [6.45, 7) is 0. The van der Waals surface area contributed by atoms with E-state index in [2.05, 4.69) is 11.7 Å². The van der Waals surface area contributed by atoms with Crippen LogP contribution in [0.5, 0.6) is 0 Å². The molecule has 0 heterocycles. The molecule has 4 N–H and O–H groups in total. The van der Waals surface area contributed by atoms with Gasteiger partial charge in [-0.2, -0.15) is 0 Å². The predicted molar refractivity (Wildman–Crippen MR) is 66.7 cm³/mol. The Hall–Kier alpha value is -1.69. The molecule has 0 aliphatic carbocycles. The lowest BCUT2D eigenvalue weighted by atomic mass is 10.4. The molecule has 0 bridgehead atoms. The summed E-state index contributed by atoms with van der Waals surface area (Å²) < 4.78 is 24.1. The van der Waals surface area contributed by atoms with Crippen LogP contribution in [0, 0.1) is 0 Å². The Morgan fingerprint density at radius 3 is 1.24 bits per heavy atom. The van der Waals surface area contributed by atoms with Gasteiger partial charge in [-0.25, -0.2) is 8.42 Å². The highest BCUT2D eigenvalue weighted by atomic mass is 32.2. The maximum Gasteiger partial charge on any atom is 0.206 e. The quantitative estimate of drug-likeness (QED) is 0.622. The molecular formula is C12H14N2O2S. The average Bonchev–Trinajstić information content (AvgIpc) is 2.43. The number of hydrogen-bond donors (Lipinski definition) is 2. The van der Waals surface area contributed by atoms with E-state index in [-0.39, 0.29) is 0 Å². The average molecular weight is 250 g/mol. The van der Waals surface area contributed by atoms with E-state index < -0.39 is 9.84 Å². The fourth-order valence-corrected chi connectivity index (χ4v) is 2.64. The summed E-state index contributed by atoms with van der Waals surface area (Å²) in [6, 6.07) is 16.9. The van der Waals surface area contributed by atoms with Crippen molar-refractivity contribution in [1.29, 1.82) is 0 Å². The van der Waals surface area contributed by atoms with Crippen LogP contribution in [0.1, 0.15) is 0 Å². The monoisotopic (exact) mass is 250 g/mol. The maximum atomic E-state index is 12.0. The summed E-state index contributed by atoms with van der Waals surface area (Å²) in [4.78, 5) is 0.660. The Morgan fingerprint density at radius 1 is 0.647 bits per heavy atom. The molecule has 0 amide bonds. The highest BCUT2D eigenvalue weighted by molar-refractivity contribution is 7.91. The van der Waals surface area contributed by atoms with Crippen LogP contribution in [0.25, 0.3) is 0 Å². The molecular weight excluding hydrogens is 236 g/mol. The smallest absolute Gasteiger partial charge is 0.206 e. The lowest BCUT2D eigenvalue weighted by Gasteiger charge is -2.03. The second-order valence-corrected chi connectivity index (χ2v) is 5.08. The summed E-state index contributed by atoms with van der Waals surface area (Å²) in [5.74, 6) is 8.00. The summed E-state index contributed by atoms with van der Waals surface area (Å²) in [5.41, 5.74) is 0. The Morgan fingerprint density at radius 2 is 0.941 bits per heavy atom. The van der Waals surface area contributed by atoms with Crippen molar-refractivity contribution in [2.24, 2.45) is 11.7 Å². The standard InChI is InChI=1S/C12H10O2S.H4N2/c13-15(14,11-7-3-1-4-8-11)12-9-5-2-6-10-12;1-2/h1-10H;1-2H2. The first-order chi connectivity index (χ1) is 8.21. The van der Waals surface area contributed by atoms with Gasteiger partial charge in [-0.15, -0.1) is 0 Å². The van der Waals surface area contributed by atoms with Crippen LogP contribution < -0.4 is 11.7 Å². The van der Waals surface area contributed by atoms with Gasteiger partial charge in [0.1, 0.15) is 0 Å². The Balaban J connectivity index is 0.000000686. The SMILES string of the molecule is NN.O=S(=O)(c1ccccc1)c1ccccc1. The van der Waals surface area contributed by atoms with Crippen molar-refractivity contribution < 1.29 is 8.42 Å². The van der Waals surface area contributed by atoms with E-state index in [9.17, 15) is 8.42 Å². The fraction of sp³-hybridized carbons (Fsp3) is 0. The van der Waals surface area contributed by atoms with Crippen LogP contribution in [0.15, 0.2) is 70.5 Å². The van der Waals surface area contributed by atoms with Gasteiger partial charge in [0, 0.05) is 0 Å². The Bertz CT molecular complexity index is 494. The number of rotatable bonds is 2. The zero-order valence-corrected chi connectivity index (χ0v) is 9.97. The zero-order chi connectivity index (χ0) is 12.7. The Kier molecular flexibility index (Phi) is 4.84. The normalized spacial score (nSPS) is 10.2. The third kappa shape index (κ3) is 3.13. The third-order valence-electron chi connectivity index (χ3n) is 2.11. The largest absolute Gasteiger partial charge is 0.274 e. The highest BCUT2D eigenvalue weighted by Gasteiger charge is 2.15. The molecule has 4 nitrogen and oxygen atoms in total. The molecule has 5 heteroatoms. The summed E-state index contributed by atoms with van der Waals surface area (Å²) in [5, 5.41) is 0. The molecule has 2 aromatic carbocycles. The molecule has 17 heavy (non-hydrogen) atoms. The second-order valence-electron chi connectivity index (χ2n) is 3.13. The van der Waals surface area contributed by atoms with Crippen LogP contribution >= 0.6 is 0 Å². The van der Waals surface area contributed by atoms with Crippen LogP contribution in [-0.2, 0) is 9.84 Å². The van der Waals surface area contributed by atoms with Crippen LogP contribution in [0.2, 0.25) is 0 Å². The van der Waals surface area contributed by atoms with Crippen molar-refractivity contribution >= 4 is 9.84 Å². The number of hydrogen-bond acceptors (Lipinski definition) is 4. The van der Waals surface area contributed by atoms with Gasteiger partial charge in [-0.1, -0.05) is 36.4 Å². The van der Waals surface area contributed by atoms with E-state index in [1.807, 2.05) is 0 Å². The van der Waals surface area contributed by atoms with Gasteiger partial charge >= 0.3 is 0 Å². The highest BCUT2D eigenvalue weighted by Crippen LogP contribution is 2.19. The molecule has 0 atom stereocenters. The molecule has 0 fully saturated rings. The second kappa shape index (κ2) is 6.15. The molecule has 0 radical (unpaired) electrons. The third-order valence-corrected chi connectivity index (χ3v) is 3.89. The van der Waals surface area contributed by atoms with E-state index in [1.54, 1.807) is 60.7 Å². The van der Waals surface area contributed by atoms with Gasteiger partial charge in [0.15, 0.2) is 0 Å². The van der Waals surface area contributed by atoms with Gasteiger partial charge in [0.25, 0.3) is 0 Å². The van der Waals surface area contributed by atoms with Crippen LogP contribution in [0.4, 0.5) is 0 Å². The number of nitrogens with two attached hydrogens (primary N) is 2. The molecule has 90 valence electrons.